The molecule has 0 amide bonds. The molecule has 0 bridgehead atoms. The van der Waals surface area contributed by atoms with E-state index in [9.17, 15) is 0 Å². The van der Waals surface area contributed by atoms with Crippen molar-refractivity contribution in [3.63, 3.8) is 0 Å². The molecule has 1 aromatic carbocycles. The Morgan fingerprint density at radius 2 is 1.89 bits per heavy atom. The molecular formula is C12H13ClN2O3. The molecule has 2 aromatic rings. The average molecular weight is 269 g/mol. The van der Waals surface area contributed by atoms with Gasteiger partial charge in [-0.05, 0) is 18.6 Å². The van der Waals surface area contributed by atoms with E-state index >= 15 is 0 Å². The molecule has 0 unspecified atom stereocenters. The van der Waals surface area contributed by atoms with E-state index < -0.39 is 0 Å². The van der Waals surface area contributed by atoms with Crippen LogP contribution in [0.1, 0.15) is 5.56 Å². The molecule has 0 spiro atoms. The first-order chi connectivity index (χ1) is 8.60. The van der Waals surface area contributed by atoms with Crippen LogP contribution in [0.2, 0.25) is 5.02 Å². The molecule has 5 nitrogen and oxygen atoms in total. The molecule has 2 N–H and O–H groups in total. The first-order valence-corrected chi connectivity index (χ1v) is 5.59. The number of aryl methyl sites for hydroxylation is 1. The molecule has 0 aliphatic rings. The average Bonchev–Trinajstić information content (AvgIpc) is 2.75. The fourth-order valence-corrected chi connectivity index (χ4v) is 2.25. The fourth-order valence-electron chi connectivity index (χ4n) is 1.84. The van der Waals surface area contributed by atoms with Crippen LogP contribution in [-0.2, 0) is 0 Å². The predicted octanol–water partition coefficient (Wildman–Crippen LogP) is 2.90. The smallest absolute Gasteiger partial charge is 0.230 e. The van der Waals surface area contributed by atoms with E-state index in [-0.39, 0.29) is 5.88 Å². The third-order valence-corrected chi connectivity index (χ3v) is 3.00. The Labute approximate surface area is 109 Å². The molecular weight excluding hydrogens is 256 g/mol. The van der Waals surface area contributed by atoms with E-state index in [0.29, 0.717) is 22.1 Å². The lowest BCUT2D eigenvalue weighted by atomic mass is 10.0. The maximum absolute atomic E-state index is 6.25. The van der Waals surface area contributed by atoms with Gasteiger partial charge in [0.1, 0.15) is 16.5 Å². The lowest BCUT2D eigenvalue weighted by Gasteiger charge is -2.14. The number of hydrogen-bond acceptors (Lipinski definition) is 5. The summed E-state index contributed by atoms with van der Waals surface area (Å²) in [6, 6.07) is 1.87. The third kappa shape index (κ3) is 1.86. The van der Waals surface area contributed by atoms with Gasteiger partial charge in [0.25, 0.3) is 0 Å². The lowest BCUT2D eigenvalue weighted by molar-refractivity contribution is 0.394. The minimum absolute atomic E-state index is 0.217. The summed E-state index contributed by atoms with van der Waals surface area (Å²) in [7, 11) is 3.09. The van der Waals surface area contributed by atoms with Crippen molar-refractivity contribution in [1.82, 2.24) is 5.16 Å². The van der Waals surface area contributed by atoms with Crippen molar-refractivity contribution in [1.29, 1.82) is 0 Å². The number of nitrogen functional groups attached to an aromatic ring is 1. The molecule has 18 heavy (non-hydrogen) atoms. The van der Waals surface area contributed by atoms with Gasteiger partial charge < -0.3 is 19.7 Å². The van der Waals surface area contributed by atoms with E-state index in [1.165, 1.54) is 13.3 Å². The summed E-state index contributed by atoms with van der Waals surface area (Å²) >= 11 is 6.25. The molecule has 1 aromatic heterocycles. The van der Waals surface area contributed by atoms with Crippen LogP contribution >= 0.6 is 11.6 Å². The van der Waals surface area contributed by atoms with E-state index in [1.54, 1.807) is 7.11 Å². The maximum Gasteiger partial charge on any atom is 0.230 e. The van der Waals surface area contributed by atoms with E-state index in [0.717, 1.165) is 11.1 Å². The Kier molecular flexibility index (Phi) is 3.34. The molecule has 0 saturated heterocycles. The highest BCUT2D eigenvalue weighted by molar-refractivity contribution is 6.34. The van der Waals surface area contributed by atoms with Gasteiger partial charge in [-0.15, -0.1) is 0 Å². The van der Waals surface area contributed by atoms with Gasteiger partial charge in [-0.2, -0.15) is 0 Å². The highest BCUT2D eigenvalue weighted by Crippen LogP contribution is 2.45. The van der Waals surface area contributed by atoms with Gasteiger partial charge in [0.15, 0.2) is 0 Å². The number of ether oxygens (including phenoxy) is 2. The number of rotatable bonds is 3. The quantitative estimate of drug-likeness (QED) is 0.927. The molecule has 0 radical (unpaired) electrons. The van der Waals surface area contributed by atoms with Gasteiger partial charge in [-0.3, -0.25) is 0 Å². The number of anilines is 1. The van der Waals surface area contributed by atoms with Crippen molar-refractivity contribution < 1.29 is 14.0 Å². The second-order valence-corrected chi connectivity index (χ2v) is 4.10. The Morgan fingerprint density at radius 3 is 2.39 bits per heavy atom. The lowest BCUT2D eigenvalue weighted by Crippen LogP contribution is -1.96. The zero-order valence-electron chi connectivity index (χ0n) is 10.3. The minimum atomic E-state index is 0.217. The Bertz CT molecular complexity index is 581. The topological polar surface area (TPSA) is 70.5 Å². The second-order valence-electron chi connectivity index (χ2n) is 3.73. The number of aromatic nitrogens is 1. The number of nitrogens with zero attached hydrogens (tertiary/aromatic N) is 1. The van der Waals surface area contributed by atoms with E-state index in [4.69, 9.17) is 31.3 Å². The highest BCUT2D eigenvalue weighted by Gasteiger charge is 2.20. The third-order valence-electron chi connectivity index (χ3n) is 2.66. The SMILES string of the molecule is COc1c(C)cc(-c2cnoc2N)c(OC)c1Cl. The standard InChI is InChI=1S/C12H13ClN2O3/c1-6-4-7(8-5-15-18-12(8)14)11(17-3)9(13)10(6)16-2/h4-5H,14H2,1-3H3. The second kappa shape index (κ2) is 4.78. The Hall–Kier alpha value is -1.88. The summed E-state index contributed by atoms with van der Waals surface area (Å²) in [5.41, 5.74) is 7.94. The van der Waals surface area contributed by atoms with Crippen LogP contribution in [0.5, 0.6) is 11.5 Å². The number of halogens is 1. The number of hydrogen-bond donors (Lipinski definition) is 1. The summed E-state index contributed by atoms with van der Waals surface area (Å²) in [6.45, 7) is 1.89. The van der Waals surface area contributed by atoms with Gasteiger partial charge in [0.05, 0.1) is 26.0 Å². The first kappa shape index (κ1) is 12.6. The van der Waals surface area contributed by atoms with Crippen molar-refractivity contribution >= 4 is 17.5 Å². The van der Waals surface area contributed by atoms with Crippen LogP contribution in [0.25, 0.3) is 11.1 Å². The zero-order valence-corrected chi connectivity index (χ0v) is 11.0. The summed E-state index contributed by atoms with van der Waals surface area (Å²) in [5, 5.41) is 4.04. The molecule has 1 heterocycles. The van der Waals surface area contributed by atoms with Gasteiger partial charge in [0, 0.05) is 5.56 Å². The number of benzene rings is 1. The van der Waals surface area contributed by atoms with E-state index in [1.807, 2.05) is 13.0 Å². The van der Waals surface area contributed by atoms with Crippen LogP contribution in [0.3, 0.4) is 0 Å². The molecule has 96 valence electrons. The van der Waals surface area contributed by atoms with Crippen molar-refractivity contribution in [3.8, 4) is 22.6 Å². The van der Waals surface area contributed by atoms with Gasteiger partial charge >= 0.3 is 0 Å². The number of methoxy groups -OCH3 is 2. The molecule has 6 heteroatoms. The van der Waals surface area contributed by atoms with Crippen LogP contribution < -0.4 is 15.2 Å². The monoisotopic (exact) mass is 268 g/mol. The maximum atomic E-state index is 6.25. The normalized spacial score (nSPS) is 10.4. The largest absolute Gasteiger partial charge is 0.495 e. The summed E-state index contributed by atoms with van der Waals surface area (Å²) in [4.78, 5) is 0. The van der Waals surface area contributed by atoms with Crippen LogP contribution in [-0.4, -0.2) is 19.4 Å². The molecule has 0 aliphatic heterocycles. The molecule has 2 rings (SSSR count). The van der Waals surface area contributed by atoms with Crippen molar-refractivity contribution in [3.05, 3.63) is 22.8 Å². The molecule has 0 atom stereocenters. The predicted molar refractivity (Wildman–Crippen MR) is 69.2 cm³/mol. The zero-order chi connectivity index (χ0) is 13.3. The van der Waals surface area contributed by atoms with Crippen molar-refractivity contribution in [2.24, 2.45) is 0 Å². The number of nitrogens with two attached hydrogens (primary N) is 1. The van der Waals surface area contributed by atoms with Crippen molar-refractivity contribution in [2.75, 3.05) is 20.0 Å². The summed E-state index contributed by atoms with van der Waals surface area (Å²) < 4.78 is 15.4. The fraction of sp³-hybridized carbons (Fsp3) is 0.250. The van der Waals surface area contributed by atoms with Crippen LogP contribution in [0.4, 0.5) is 5.88 Å². The molecule has 0 aliphatic carbocycles. The summed E-state index contributed by atoms with van der Waals surface area (Å²) in [6.07, 6.45) is 1.52. The molecule has 0 fully saturated rings. The van der Waals surface area contributed by atoms with E-state index in [2.05, 4.69) is 5.16 Å². The van der Waals surface area contributed by atoms with Gasteiger partial charge in [-0.1, -0.05) is 16.8 Å². The van der Waals surface area contributed by atoms with Crippen molar-refractivity contribution in [2.45, 2.75) is 6.92 Å². The van der Waals surface area contributed by atoms with Gasteiger partial charge in [0.2, 0.25) is 5.88 Å². The highest BCUT2D eigenvalue weighted by atomic mass is 35.5. The van der Waals surface area contributed by atoms with Crippen LogP contribution in [0.15, 0.2) is 16.8 Å². The summed E-state index contributed by atoms with van der Waals surface area (Å²) in [5.74, 6) is 1.27. The Morgan fingerprint density at radius 1 is 1.22 bits per heavy atom. The van der Waals surface area contributed by atoms with Gasteiger partial charge in [-0.25, -0.2) is 0 Å². The molecule has 0 saturated carbocycles. The minimum Gasteiger partial charge on any atom is -0.495 e. The first-order valence-electron chi connectivity index (χ1n) is 5.21. The van der Waals surface area contributed by atoms with Crippen LogP contribution in [0, 0.1) is 6.92 Å². The Balaban J connectivity index is 2.72.